The molecule has 0 unspecified atom stereocenters. The number of fused-ring (bicyclic) bond motifs is 2. The van der Waals surface area contributed by atoms with E-state index in [0.717, 1.165) is 30.4 Å². The van der Waals surface area contributed by atoms with Crippen molar-refractivity contribution in [2.45, 2.75) is 49.1 Å². The second-order valence-corrected chi connectivity index (χ2v) is 10.00. The fraction of sp³-hybridized carbons (Fsp3) is 0.400. The van der Waals surface area contributed by atoms with Gasteiger partial charge in [0.25, 0.3) is 5.91 Å². The molecule has 3 atom stereocenters. The van der Waals surface area contributed by atoms with Gasteiger partial charge >= 0.3 is 5.97 Å². The lowest BCUT2D eigenvalue weighted by atomic mass is 9.88. The van der Waals surface area contributed by atoms with Crippen LogP contribution in [0.2, 0.25) is 0 Å². The molecule has 2 fully saturated rings. The maximum absolute atomic E-state index is 13.4. The topological polar surface area (TPSA) is 75.7 Å². The van der Waals surface area contributed by atoms with Crippen LogP contribution in [0.1, 0.15) is 48.4 Å². The third-order valence-electron chi connectivity index (χ3n) is 6.74. The smallest absolute Gasteiger partial charge is 0.330 e. The van der Waals surface area contributed by atoms with Crippen molar-refractivity contribution in [1.82, 2.24) is 10.2 Å². The van der Waals surface area contributed by atoms with Gasteiger partial charge in [-0.2, -0.15) is 0 Å². The minimum Gasteiger partial charge on any atom is -0.454 e. The Bertz CT molecular complexity index is 1090. The summed E-state index contributed by atoms with van der Waals surface area (Å²) in [6.45, 7) is -0.385. The van der Waals surface area contributed by atoms with E-state index in [1.165, 1.54) is 29.5 Å². The van der Waals surface area contributed by atoms with Crippen LogP contribution in [-0.2, 0) is 30.4 Å². The second-order valence-electron chi connectivity index (χ2n) is 8.70. The number of nitrogens with one attached hydrogen (secondary N) is 1. The number of halogens is 1. The number of thioether (sulfide) groups is 1. The molecule has 1 aliphatic carbocycles. The molecule has 0 radical (unpaired) electrons. The van der Waals surface area contributed by atoms with Gasteiger partial charge in [0.1, 0.15) is 16.7 Å². The zero-order chi connectivity index (χ0) is 23.0. The van der Waals surface area contributed by atoms with Crippen LogP contribution in [0.4, 0.5) is 4.39 Å². The van der Waals surface area contributed by atoms with Gasteiger partial charge in [-0.15, -0.1) is 11.8 Å². The monoisotopic (exact) mass is 468 g/mol. The number of aryl methyl sites for hydroxylation is 1. The Morgan fingerprint density at radius 1 is 1.15 bits per heavy atom. The summed E-state index contributed by atoms with van der Waals surface area (Å²) in [5.41, 5.74) is 3.14. The van der Waals surface area contributed by atoms with Gasteiger partial charge in [-0.05, 0) is 54.5 Å². The summed E-state index contributed by atoms with van der Waals surface area (Å²) < 4.78 is 18.8. The molecule has 3 aliphatic rings. The van der Waals surface area contributed by atoms with Gasteiger partial charge < -0.3 is 15.0 Å². The molecular weight excluding hydrogens is 443 g/mol. The number of hydrogen-bond donors (Lipinski definition) is 1. The van der Waals surface area contributed by atoms with Crippen LogP contribution in [0.3, 0.4) is 0 Å². The lowest BCUT2D eigenvalue weighted by Crippen LogP contribution is -2.47. The SMILES string of the molecule is O=C(COC(=O)[C@@H]1CS[C@]2(c3ccc(F)cc3)CCC(=O)N12)N[C@H]1CCCc2ccccc21. The summed E-state index contributed by atoms with van der Waals surface area (Å²) in [7, 11) is 0. The van der Waals surface area contributed by atoms with Gasteiger partial charge in [0, 0.05) is 12.2 Å². The van der Waals surface area contributed by atoms with E-state index in [4.69, 9.17) is 4.74 Å². The van der Waals surface area contributed by atoms with Crippen molar-refractivity contribution in [2.24, 2.45) is 0 Å². The van der Waals surface area contributed by atoms with Crippen LogP contribution in [0, 0.1) is 5.82 Å². The maximum Gasteiger partial charge on any atom is 0.330 e. The molecule has 0 saturated carbocycles. The molecule has 0 bridgehead atoms. The summed E-state index contributed by atoms with van der Waals surface area (Å²) in [6.07, 6.45) is 3.70. The van der Waals surface area contributed by atoms with Gasteiger partial charge in [-0.25, -0.2) is 9.18 Å². The Labute approximate surface area is 195 Å². The molecule has 6 nitrogen and oxygen atoms in total. The summed E-state index contributed by atoms with van der Waals surface area (Å²) >= 11 is 1.50. The number of benzene rings is 2. The molecule has 2 heterocycles. The van der Waals surface area contributed by atoms with Crippen LogP contribution < -0.4 is 5.32 Å². The largest absolute Gasteiger partial charge is 0.454 e. The molecular formula is C25H25FN2O4S. The van der Waals surface area contributed by atoms with Gasteiger partial charge in [-0.3, -0.25) is 9.59 Å². The Morgan fingerprint density at radius 3 is 2.76 bits per heavy atom. The summed E-state index contributed by atoms with van der Waals surface area (Å²) in [5.74, 6) is -1.04. The molecule has 2 aliphatic heterocycles. The zero-order valence-electron chi connectivity index (χ0n) is 18.1. The summed E-state index contributed by atoms with van der Waals surface area (Å²) in [5, 5.41) is 2.98. The van der Waals surface area contributed by atoms with Gasteiger partial charge in [-0.1, -0.05) is 36.4 Å². The Kier molecular flexibility index (Phi) is 5.86. The maximum atomic E-state index is 13.4. The van der Waals surface area contributed by atoms with E-state index in [1.807, 2.05) is 18.2 Å². The average molecular weight is 469 g/mol. The first-order valence-corrected chi connectivity index (χ1v) is 12.2. The highest BCUT2D eigenvalue weighted by Crippen LogP contribution is 2.54. The van der Waals surface area contributed by atoms with Gasteiger partial charge in [0.05, 0.1) is 6.04 Å². The fourth-order valence-corrected chi connectivity index (χ4v) is 6.84. The molecule has 33 heavy (non-hydrogen) atoms. The van der Waals surface area contributed by atoms with Crippen molar-refractivity contribution >= 4 is 29.5 Å². The molecule has 2 aromatic carbocycles. The van der Waals surface area contributed by atoms with Crippen LogP contribution >= 0.6 is 11.8 Å². The minimum absolute atomic E-state index is 0.0885. The van der Waals surface area contributed by atoms with Gasteiger partial charge in [0.15, 0.2) is 6.61 Å². The number of amides is 2. The van der Waals surface area contributed by atoms with Crippen molar-refractivity contribution in [3.63, 3.8) is 0 Å². The predicted molar refractivity (Wildman–Crippen MR) is 122 cm³/mol. The number of rotatable bonds is 5. The normalized spacial score (nSPS) is 26.0. The molecule has 172 valence electrons. The number of hydrogen-bond acceptors (Lipinski definition) is 5. The molecule has 8 heteroatoms. The van der Waals surface area contributed by atoms with E-state index in [0.29, 0.717) is 18.6 Å². The van der Waals surface area contributed by atoms with E-state index in [1.54, 1.807) is 17.0 Å². The fourth-order valence-electron chi connectivity index (χ4n) is 5.20. The highest BCUT2D eigenvalue weighted by Gasteiger charge is 2.57. The van der Waals surface area contributed by atoms with Crippen molar-refractivity contribution < 1.29 is 23.5 Å². The molecule has 2 amide bonds. The molecule has 5 rings (SSSR count). The van der Waals surface area contributed by atoms with Crippen LogP contribution in [0.15, 0.2) is 48.5 Å². The summed E-state index contributed by atoms with van der Waals surface area (Å²) in [4.78, 5) is 39.0. The van der Waals surface area contributed by atoms with Crippen molar-refractivity contribution in [3.8, 4) is 0 Å². The Hall–Kier alpha value is -2.87. The molecule has 2 saturated heterocycles. The highest BCUT2D eigenvalue weighted by atomic mass is 32.2. The lowest BCUT2D eigenvalue weighted by molar-refractivity contribution is -0.156. The lowest BCUT2D eigenvalue weighted by Gasteiger charge is -2.33. The molecule has 2 aromatic rings. The zero-order valence-corrected chi connectivity index (χ0v) is 18.9. The van der Waals surface area contributed by atoms with Crippen LogP contribution in [-0.4, -0.2) is 41.1 Å². The van der Waals surface area contributed by atoms with Gasteiger partial charge in [0.2, 0.25) is 5.91 Å². The van der Waals surface area contributed by atoms with Crippen LogP contribution in [0.25, 0.3) is 0 Å². The number of esters is 1. The molecule has 0 aromatic heterocycles. The minimum atomic E-state index is -0.766. The summed E-state index contributed by atoms with van der Waals surface area (Å²) in [6, 6.07) is 13.3. The van der Waals surface area contributed by atoms with E-state index in [2.05, 4.69) is 11.4 Å². The highest BCUT2D eigenvalue weighted by molar-refractivity contribution is 8.00. The van der Waals surface area contributed by atoms with E-state index in [-0.39, 0.29) is 30.3 Å². The molecule has 1 N–H and O–H groups in total. The molecule has 0 spiro atoms. The van der Waals surface area contributed by atoms with Crippen molar-refractivity contribution in [2.75, 3.05) is 12.4 Å². The van der Waals surface area contributed by atoms with Crippen molar-refractivity contribution in [3.05, 3.63) is 71.0 Å². The first kappa shape index (κ1) is 21.9. The third-order valence-corrected chi connectivity index (χ3v) is 8.34. The number of carbonyl (C=O) groups is 3. The van der Waals surface area contributed by atoms with E-state index < -0.39 is 16.9 Å². The third kappa shape index (κ3) is 4.01. The number of ether oxygens (including phenoxy) is 1. The van der Waals surface area contributed by atoms with Crippen LogP contribution in [0.5, 0.6) is 0 Å². The quantitative estimate of drug-likeness (QED) is 0.681. The predicted octanol–water partition coefficient (Wildman–Crippen LogP) is 3.45. The average Bonchev–Trinajstić information content (AvgIpc) is 3.37. The van der Waals surface area contributed by atoms with E-state index >= 15 is 0 Å². The first-order chi connectivity index (χ1) is 16.0. The number of carbonyl (C=O) groups excluding carboxylic acids is 3. The second kappa shape index (κ2) is 8.82. The van der Waals surface area contributed by atoms with E-state index in [9.17, 15) is 18.8 Å². The van der Waals surface area contributed by atoms with Crippen molar-refractivity contribution in [1.29, 1.82) is 0 Å². The Balaban J connectivity index is 1.23. The number of nitrogens with zero attached hydrogens (tertiary/aromatic N) is 1. The first-order valence-electron chi connectivity index (χ1n) is 11.2. The standard InChI is InChI=1S/C25H25FN2O4S/c26-18-10-8-17(9-11-18)25-13-12-23(30)28(25)21(15-33-25)24(31)32-14-22(29)27-20-7-3-5-16-4-1-2-6-19(16)20/h1-2,4,6,8-11,20-21H,3,5,7,12-15H2,(H,27,29)/t20-,21-,25-/m0/s1. The Morgan fingerprint density at radius 2 is 1.94 bits per heavy atom.